The summed E-state index contributed by atoms with van der Waals surface area (Å²) in [4.78, 5) is -0.434. The summed E-state index contributed by atoms with van der Waals surface area (Å²) in [7, 11) is -3.92. The Morgan fingerprint density at radius 3 is 2.75 bits per heavy atom. The predicted octanol–water partition coefficient (Wildman–Crippen LogP) is 3.01. The van der Waals surface area contributed by atoms with Crippen LogP contribution in [0.1, 0.15) is 32.6 Å². The van der Waals surface area contributed by atoms with Gasteiger partial charge < -0.3 is 5.73 Å². The van der Waals surface area contributed by atoms with Crippen molar-refractivity contribution in [3.8, 4) is 0 Å². The molecular weight excluding hydrogens is 303 g/mol. The fourth-order valence-electron chi connectivity index (χ4n) is 2.50. The van der Waals surface area contributed by atoms with Gasteiger partial charge in [-0.1, -0.05) is 24.4 Å². The fourth-order valence-corrected chi connectivity index (χ4v) is 4.62. The van der Waals surface area contributed by atoms with Gasteiger partial charge in [-0.15, -0.1) is 0 Å². The van der Waals surface area contributed by atoms with Gasteiger partial charge in [0.25, 0.3) is 0 Å². The van der Waals surface area contributed by atoms with Crippen molar-refractivity contribution in [3.05, 3.63) is 23.0 Å². The molecule has 0 saturated carbocycles. The van der Waals surface area contributed by atoms with Gasteiger partial charge in [-0.05, 0) is 31.9 Å². The van der Waals surface area contributed by atoms with Gasteiger partial charge in [0.15, 0.2) is 5.82 Å². The maximum absolute atomic E-state index is 14.1. The number of hydrogen-bond donors (Lipinski definition) is 1. The zero-order valence-corrected chi connectivity index (χ0v) is 12.8. The van der Waals surface area contributed by atoms with Crippen LogP contribution in [0.4, 0.5) is 10.1 Å². The van der Waals surface area contributed by atoms with E-state index in [-0.39, 0.29) is 16.8 Å². The summed E-state index contributed by atoms with van der Waals surface area (Å²) in [6, 6.07) is 2.18. The molecule has 1 heterocycles. The lowest BCUT2D eigenvalue weighted by Crippen LogP contribution is -2.38. The molecule has 1 fully saturated rings. The Bertz CT molecular complexity index is 607. The number of hydrogen-bond acceptors (Lipinski definition) is 3. The van der Waals surface area contributed by atoms with Crippen LogP contribution in [0.25, 0.3) is 0 Å². The molecule has 4 nitrogen and oxygen atoms in total. The lowest BCUT2D eigenvalue weighted by molar-refractivity contribution is 0.340. The highest BCUT2D eigenvalue weighted by Crippen LogP contribution is 2.30. The van der Waals surface area contributed by atoms with E-state index in [1.807, 2.05) is 6.92 Å². The monoisotopic (exact) mass is 320 g/mol. The average molecular weight is 321 g/mol. The van der Waals surface area contributed by atoms with Crippen molar-refractivity contribution in [1.82, 2.24) is 4.31 Å². The molecule has 2 N–H and O–H groups in total. The van der Waals surface area contributed by atoms with Gasteiger partial charge in [-0.2, -0.15) is 4.31 Å². The topological polar surface area (TPSA) is 63.4 Å². The van der Waals surface area contributed by atoms with E-state index in [9.17, 15) is 12.8 Å². The molecule has 1 aliphatic heterocycles. The highest BCUT2D eigenvalue weighted by atomic mass is 35.5. The van der Waals surface area contributed by atoms with Crippen LogP contribution in [-0.2, 0) is 10.0 Å². The van der Waals surface area contributed by atoms with Crippen molar-refractivity contribution in [2.45, 2.75) is 43.5 Å². The molecule has 1 atom stereocenters. The van der Waals surface area contributed by atoms with E-state index < -0.39 is 20.7 Å². The standard InChI is InChI=1S/C13H18ClFN2O2S/c1-9-5-3-2-4-6-17(9)20(18,19)12-8-10(14)7-11(16)13(12)15/h7-9H,2-6,16H2,1H3. The van der Waals surface area contributed by atoms with Gasteiger partial charge in [0.1, 0.15) is 4.90 Å². The number of nitrogen functional groups attached to an aromatic ring is 1. The summed E-state index contributed by atoms with van der Waals surface area (Å²) < 4.78 is 40.7. The first kappa shape index (κ1) is 15.5. The Labute approximate surface area is 123 Å². The normalized spacial score (nSPS) is 21.6. The summed E-state index contributed by atoms with van der Waals surface area (Å²) in [6.45, 7) is 2.24. The number of anilines is 1. The highest BCUT2D eigenvalue weighted by molar-refractivity contribution is 7.89. The second-order valence-electron chi connectivity index (χ2n) is 5.12. The molecule has 0 spiro atoms. The maximum Gasteiger partial charge on any atom is 0.246 e. The Kier molecular flexibility index (Phi) is 4.56. The Hall–Kier alpha value is -0.850. The van der Waals surface area contributed by atoms with Crippen LogP contribution in [-0.4, -0.2) is 25.3 Å². The molecule has 20 heavy (non-hydrogen) atoms. The summed E-state index contributed by atoms with van der Waals surface area (Å²) in [6.07, 6.45) is 3.52. The molecule has 1 aromatic carbocycles. The minimum absolute atomic E-state index is 0.116. The average Bonchev–Trinajstić information content (AvgIpc) is 2.58. The number of nitrogens with zero attached hydrogens (tertiary/aromatic N) is 1. The smallest absolute Gasteiger partial charge is 0.246 e. The summed E-state index contributed by atoms with van der Waals surface area (Å²) in [5.74, 6) is -0.925. The molecular formula is C13H18ClFN2O2S. The van der Waals surface area contributed by atoms with E-state index in [2.05, 4.69) is 0 Å². The first-order valence-electron chi connectivity index (χ1n) is 6.60. The van der Waals surface area contributed by atoms with Crippen molar-refractivity contribution < 1.29 is 12.8 Å². The largest absolute Gasteiger partial charge is 0.396 e. The van der Waals surface area contributed by atoms with Gasteiger partial charge in [0.05, 0.1) is 5.69 Å². The lowest BCUT2D eigenvalue weighted by atomic mass is 10.1. The van der Waals surface area contributed by atoms with Crippen LogP contribution in [0, 0.1) is 5.82 Å². The van der Waals surface area contributed by atoms with Crippen LogP contribution >= 0.6 is 11.6 Å². The highest BCUT2D eigenvalue weighted by Gasteiger charge is 2.32. The van der Waals surface area contributed by atoms with E-state index in [1.165, 1.54) is 10.4 Å². The van der Waals surface area contributed by atoms with E-state index >= 15 is 0 Å². The predicted molar refractivity (Wildman–Crippen MR) is 77.6 cm³/mol. The van der Waals surface area contributed by atoms with E-state index in [0.717, 1.165) is 31.7 Å². The van der Waals surface area contributed by atoms with Crippen LogP contribution in [0.3, 0.4) is 0 Å². The van der Waals surface area contributed by atoms with Crippen LogP contribution in [0.5, 0.6) is 0 Å². The van der Waals surface area contributed by atoms with Gasteiger partial charge >= 0.3 is 0 Å². The van der Waals surface area contributed by atoms with E-state index in [1.54, 1.807) is 0 Å². The summed E-state index contributed by atoms with van der Waals surface area (Å²) >= 11 is 5.81. The number of nitrogens with two attached hydrogens (primary N) is 1. The minimum atomic E-state index is -3.92. The molecule has 0 radical (unpaired) electrons. The molecule has 0 amide bonds. The van der Waals surface area contributed by atoms with Gasteiger partial charge in [-0.25, -0.2) is 12.8 Å². The van der Waals surface area contributed by atoms with Gasteiger partial charge in [-0.3, -0.25) is 0 Å². The van der Waals surface area contributed by atoms with Crippen molar-refractivity contribution >= 4 is 27.3 Å². The Morgan fingerprint density at radius 1 is 1.35 bits per heavy atom. The summed E-state index contributed by atoms with van der Waals surface area (Å²) in [5.41, 5.74) is 5.22. The second kappa shape index (κ2) is 5.87. The fraction of sp³-hybridized carbons (Fsp3) is 0.538. The molecule has 0 aromatic heterocycles. The Balaban J connectivity index is 2.49. The number of halogens is 2. The Morgan fingerprint density at radius 2 is 2.05 bits per heavy atom. The molecule has 1 unspecified atom stereocenters. The molecule has 7 heteroatoms. The molecule has 1 saturated heterocycles. The number of sulfonamides is 1. The molecule has 2 rings (SSSR count). The molecule has 1 aliphatic rings. The van der Waals surface area contributed by atoms with E-state index in [4.69, 9.17) is 17.3 Å². The zero-order valence-electron chi connectivity index (χ0n) is 11.3. The van der Waals surface area contributed by atoms with Crippen molar-refractivity contribution in [3.63, 3.8) is 0 Å². The molecule has 0 aliphatic carbocycles. The first-order chi connectivity index (χ1) is 9.34. The maximum atomic E-state index is 14.1. The van der Waals surface area contributed by atoms with Crippen molar-refractivity contribution in [1.29, 1.82) is 0 Å². The third-order valence-corrected chi connectivity index (χ3v) is 5.84. The third kappa shape index (κ3) is 2.92. The van der Waals surface area contributed by atoms with Crippen LogP contribution < -0.4 is 5.73 Å². The van der Waals surface area contributed by atoms with E-state index in [0.29, 0.717) is 6.54 Å². The SMILES string of the molecule is CC1CCCCCN1S(=O)(=O)c1cc(Cl)cc(N)c1F. The number of benzene rings is 1. The molecule has 0 bridgehead atoms. The van der Waals surface area contributed by atoms with Gasteiger partial charge in [0, 0.05) is 17.6 Å². The van der Waals surface area contributed by atoms with Gasteiger partial charge in [0.2, 0.25) is 10.0 Å². The van der Waals surface area contributed by atoms with Crippen LogP contribution in [0.15, 0.2) is 17.0 Å². The molecule has 1 aromatic rings. The van der Waals surface area contributed by atoms with Crippen molar-refractivity contribution in [2.24, 2.45) is 0 Å². The second-order valence-corrected chi connectivity index (χ2v) is 7.42. The third-order valence-electron chi connectivity index (χ3n) is 3.61. The number of rotatable bonds is 2. The van der Waals surface area contributed by atoms with Crippen LogP contribution in [0.2, 0.25) is 5.02 Å². The lowest BCUT2D eigenvalue weighted by Gasteiger charge is -2.26. The summed E-state index contributed by atoms with van der Waals surface area (Å²) in [5, 5.41) is 0.116. The minimum Gasteiger partial charge on any atom is -0.396 e. The zero-order chi connectivity index (χ0) is 14.9. The first-order valence-corrected chi connectivity index (χ1v) is 8.42. The quantitative estimate of drug-likeness (QED) is 0.852. The van der Waals surface area contributed by atoms with Crippen molar-refractivity contribution in [2.75, 3.05) is 12.3 Å². The molecule has 112 valence electrons.